The summed E-state index contributed by atoms with van der Waals surface area (Å²) in [6, 6.07) is 3.61. The van der Waals surface area contributed by atoms with Crippen molar-refractivity contribution in [1.82, 2.24) is 20.5 Å². The molecule has 0 saturated carbocycles. The third kappa shape index (κ3) is 3.57. The smallest absolute Gasteiger partial charge is 0.269 e. The number of nitrogens with one attached hydrogen (secondary N) is 3. The molecule has 3 N–H and O–H groups in total. The summed E-state index contributed by atoms with van der Waals surface area (Å²) < 4.78 is 0. The van der Waals surface area contributed by atoms with Crippen molar-refractivity contribution in [3.8, 4) is 0 Å². The van der Waals surface area contributed by atoms with Gasteiger partial charge in [0, 0.05) is 31.2 Å². The van der Waals surface area contributed by atoms with E-state index in [4.69, 9.17) is 0 Å². The van der Waals surface area contributed by atoms with E-state index in [1.807, 2.05) is 19.2 Å². The van der Waals surface area contributed by atoms with Crippen LogP contribution in [0.1, 0.15) is 28.2 Å². The van der Waals surface area contributed by atoms with Crippen LogP contribution in [0.15, 0.2) is 24.5 Å². The van der Waals surface area contributed by atoms with Gasteiger partial charge in [-0.3, -0.25) is 14.9 Å². The molecule has 1 amide bonds. The van der Waals surface area contributed by atoms with Gasteiger partial charge in [-0.15, -0.1) is 0 Å². The first-order valence-corrected chi connectivity index (χ1v) is 6.61. The first-order valence-electron chi connectivity index (χ1n) is 6.61. The summed E-state index contributed by atoms with van der Waals surface area (Å²) >= 11 is 0. The summed E-state index contributed by atoms with van der Waals surface area (Å²) in [5.41, 5.74) is 3.69. The lowest BCUT2D eigenvalue weighted by Crippen LogP contribution is -2.19. The molecule has 6 heteroatoms. The first-order chi connectivity index (χ1) is 9.70. The number of carbonyl (C=O) groups excluding carboxylic acids is 1. The standard InChI is InChI=1S/C14H19N5O/c1-10-11(9-18-19-10)4-3-6-16-12-5-7-17-13(8-12)14(20)15-2/h5,7-9H,3-4,6H2,1-2H3,(H,15,20)(H,16,17)(H,18,19). The van der Waals surface area contributed by atoms with Crippen molar-refractivity contribution >= 4 is 11.6 Å². The van der Waals surface area contributed by atoms with E-state index >= 15 is 0 Å². The molecule has 0 unspecified atom stereocenters. The lowest BCUT2D eigenvalue weighted by molar-refractivity contribution is 0.0958. The normalized spacial score (nSPS) is 10.3. The van der Waals surface area contributed by atoms with Crippen LogP contribution < -0.4 is 10.6 Å². The molecular weight excluding hydrogens is 254 g/mol. The molecule has 20 heavy (non-hydrogen) atoms. The Morgan fingerprint density at radius 2 is 2.30 bits per heavy atom. The summed E-state index contributed by atoms with van der Waals surface area (Å²) in [5.74, 6) is -0.178. The van der Waals surface area contributed by atoms with Gasteiger partial charge in [0.25, 0.3) is 5.91 Å². The van der Waals surface area contributed by atoms with Crippen molar-refractivity contribution in [3.05, 3.63) is 41.5 Å². The van der Waals surface area contributed by atoms with Crippen LogP contribution in [0.25, 0.3) is 0 Å². The second-order valence-electron chi connectivity index (χ2n) is 4.56. The second kappa shape index (κ2) is 6.70. The second-order valence-corrected chi connectivity index (χ2v) is 4.56. The Labute approximate surface area is 118 Å². The molecule has 0 spiro atoms. The predicted molar refractivity (Wildman–Crippen MR) is 77.8 cm³/mol. The average Bonchev–Trinajstić information content (AvgIpc) is 2.88. The van der Waals surface area contributed by atoms with Crippen LogP contribution >= 0.6 is 0 Å². The summed E-state index contributed by atoms with van der Waals surface area (Å²) in [5, 5.41) is 12.8. The molecule has 0 atom stereocenters. The minimum Gasteiger partial charge on any atom is -0.385 e. The highest BCUT2D eigenvalue weighted by Gasteiger charge is 2.05. The van der Waals surface area contributed by atoms with E-state index in [1.54, 1.807) is 19.3 Å². The van der Waals surface area contributed by atoms with Crippen LogP contribution in [-0.4, -0.2) is 34.7 Å². The maximum Gasteiger partial charge on any atom is 0.269 e. The van der Waals surface area contributed by atoms with E-state index in [1.165, 1.54) is 5.56 Å². The first kappa shape index (κ1) is 14.0. The van der Waals surface area contributed by atoms with Crippen molar-refractivity contribution in [1.29, 1.82) is 0 Å². The molecule has 0 aliphatic heterocycles. The molecule has 0 fully saturated rings. The number of H-pyrrole nitrogens is 1. The van der Waals surface area contributed by atoms with Gasteiger partial charge in [0.15, 0.2) is 0 Å². The Kier molecular flexibility index (Phi) is 4.70. The lowest BCUT2D eigenvalue weighted by atomic mass is 10.1. The van der Waals surface area contributed by atoms with Crippen molar-refractivity contribution in [2.45, 2.75) is 19.8 Å². The minimum atomic E-state index is -0.178. The van der Waals surface area contributed by atoms with Gasteiger partial charge in [-0.05, 0) is 37.5 Å². The van der Waals surface area contributed by atoms with Crippen LogP contribution in [0.2, 0.25) is 0 Å². The number of aromatic amines is 1. The molecule has 0 bridgehead atoms. The third-order valence-electron chi connectivity index (χ3n) is 3.11. The number of aryl methyl sites for hydroxylation is 2. The van der Waals surface area contributed by atoms with Gasteiger partial charge in [0.1, 0.15) is 5.69 Å². The average molecular weight is 273 g/mol. The summed E-state index contributed by atoms with van der Waals surface area (Å²) in [4.78, 5) is 15.5. The number of hydrogen-bond donors (Lipinski definition) is 3. The summed E-state index contributed by atoms with van der Waals surface area (Å²) in [6.45, 7) is 2.86. The van der Waals surface area contributed by atoms with Crippen molar-refractivity contribution in [2.24, 2.45) is 0 Å². The fourth-order valence-corrected chi connectivity index (χ4v) is 1.93. The number of carbonyl (C=O) groups is 1. The molecule has 0 aliphatic carbocycles. The van der Waals surface area contributed by atoms with E-state index < -0.39 is 0 Å². The Morgan fingerprint density at radius 3 is 3.00 bits per heavy atom. The zero-order valence-electron chi connectivity index (χ0n) is 11.7. The summed E-state index contributed by atoms with van der Waals surface area (Å²) in [6.07, 6.45) is 5.47. The zero-order valence-corrected chi connectivity index (χ0v) is 11.7. The molecule has 2 heterocycles. The van der Waals surface area contributed by atoms with Gasteiger partial charge in [-0.2, -0.15) is 5.10 Å². The minimum absolute atomic E-state index is 0.178. The number of amides is 1. The van der Waals surface area contributed by atoms with E-state index in [9.17, 15) is 4.79 Å². The van der Waals surface area contributed by atoms with Crippen LogP contribution in [0.4, 0.5) is 5.69 Å². The molecule has 2 rings (SSSR count). The zero-order chi connectivity index (χ0) is 14.4. The fourth-order valence-electron chi connectivity index (χ4n) is 1.93. The van der Waals surface area contributed by atoms with Crippen LogP contribution in [0.3, 0.4) is 0 Å². The number of nitrogens with zero attached hydrogens (tertiary/aromatic N) is 2. The molecule has 0 saturated heterocycles. The Bertz CT molecular complexity index is 578. The maximum absolute atomic E-state index is 11.5. The number of pyridine rings is 1. The molecule has 0 radical (unpaired) electrons. The Morgan fingerprint density at radius 1 is 1.45 bits per heavy atom. The van der Waals surface area contributed by atoms with E-state index in [2.05, 4.69) is 25.8 Å². The lowest BCUT2D eigenvalue weighted by Gasteiger charge is -2.07. The van der Waals surface area contributed by atoms with Crippen molar-refractivity contribution in [3.63, 3.8) is 0 Å². The quantitative estimate of drug-likeness (QED) is 0.697. The van der Waals surface area contributed by atoms with Gasteiger partial charge >= 0.3 is 0 Å². The molecular formula is C14H19N5O. The third-order valence-corrected chi connectivity index (χ3v) is 3.11. The van der Waals surface area contributed by atoms with Gasteiger partial charge in [-0.25, -0.2) is 0 Å². The predicted octanol–water partition coefficient (Wildman–Crippen LogP) is 1.52. The largest absolute Gasteiger partial charge is 0.385 e. The topological polar surface area (TPSA) is 82.7 Å². The molecule has 0 aliphatic rings. The monoisotopic (exact) mass is 273 g/mol. The van der Waals surface area contributed by atoms with E-state index in [0.29, 0.717) is 5.69 Å². The van der Waals surface area contributed by atoms with Gasteiger partial charge < -0.3 is 10.6 Å². The van der Waals surface area contributed by atoms with Gasteiger partial charge in [-0.1, -0.05) is 0 Å². The van der Waals surface area contributed by atoms with Crippen molar-refractivity contribution < 1.29 is 4.79 Å². The molecule has 0 aromatic carbocycles. The maximum atomic E-state index is 11.5. The van der Waals surface area contributed by atoms with Crippen LogP contribution in [-0.2, 0) is 6.42 Å². The molecule has 2 aromatic heterocycles. The van der Waals surface area contributed by atoms with E-state index in [0.717, 1.165) is 30.8 Å². The molecule has 6 nitrogen and oxygen atoms in total. The van der Waals surface area contributed by atoms with Gasteiger partial charge in [0.2, 0.25) is 0 Å². The van der Waals surface area contributed by atoms with Crippen LogP contribution in [0.5, 0.6) is 0 Å². The Hall–Kier alpha value is -2.37. The van der Waals surface area contributed by atoms with E-state index in [-0.39, 0.29) is 5.91 Å². The van der Waals surface area contributed by atoms with Gasteiger partial charge in [0.05, 0.1) is 6.20 Å². The fraction of sp³-hybridized carbons (Fsp3) is 0.357. The molecule has 106 valence electrons. The number of anilines is 1. The van der Waals surface area contributed by atoms with Crippen LogP contribution in [0, 0.1) is 6.92 Å². The highest BCUT2D eigenvalue weighted by atomic mass is 16.1. The summed E-state index contributed by atoms with van der Waals surface area (Å²) in [7, 11) is 1.59. The van der Waals surface area contributed by atoms with Crippen molar-refractivity contribution in [2.75, 3.05) is 18.9 Å². The highest BCUT2D eigenvalue weighted by molar-refractivity contribution is 5.92. The Balaban J connectivity index is 1.82. The number of hydrogen-bond acceptors (Lipinski definition) is 4. The molecule has 2 aromatic rings. The number of aromatic nitrogens is 3. The number of rotatable bonds is 6. The highest BCUT2D eigenvalue weighted by Crippen LogP contribution is 2.09. The SMILES string of the molecule is CNC(=O)c1cc(NCCCc2cn[nH]c2C)ccn1.